The van der Waals surface area contributed by atoms with Crippen LogP contribution in [-0.2, 0) is 0 Å². The minimum atomic E-state index is 0.429. The van der Waals surface area contributed by atoms with Crippen molar-refractivity contribution < 1.29 is 0 Å². The third-order valence-corrected chi connectivity index (χ3v) is 7.30. The van der Waals surface area contributed by atoms with Crippen LogP contribution in [0.15, 0.2) is 149 Å². The average molecular weight is 724 g/mol. The van der Waals surface area contributed by atoms with Gasteiger partial charge in [0.1, 0.15) is 0 Å². The first-order valence-corrected chi connectivity index (χ1v) is 17.8. The van der Waals surface area contributed by atoms with Gasteiger partial charge in [0, 0.05) is 23.3 Å². The summed E-state index contributed by atoms with van der Waals surface area (Å²) in [5, 5.41) is 16.1. The molecule has 7 heteroatoms. The van der Waals surface area contributed by atoms with Crippen molar-refractivity contribution in [1.82, 2.24) is 0 Å². The first-order chi connectivity index (χ1) is 25.4. The number of nitrogens with one attached hydrogen (secondary N) is 2. The summed E-state index contributed by atoms with van der Waals surface area (Å²) in [5.41, 5.74) is 36.5. The molecule has 4 aromatic rings. The number of aryl methyl sites for hydroxylation is 4. The summed E-state index contributed by atoms with van der Waals surface area (Å²) in [7, 11) is 0. The Morgan fingerprint density at radius 2 is 0.741 bits per heavy atom. The van der Waals surface area contributed by atoms with Crippen LogP contribution in [0.3, 0.4) is 0 Å². The van der Waals surface area contributed by atoms with Crippen LogP contribution in [0.25, 0.3) is 11.4 Å². The molecule has 0 fully saturated rings. The van der Waals surface area contributed by atoms with Gasteiger partial charge in [0.25, 0.3) is 0 Å². The van der Waals surface area contributed by atoms with E-state index in [1.165, 1.54) is 27.8 Å². The van der Waals surface area contributed by atoms with Gasteiger partial charge in [0.15, 0.2) is 0 Å². The summed E-state index contributed by atoms with van der Waals surface area (Å²) < 4.78 is 0. The number of benzene rings is 4. The van der Waals surface area contributed by atoms with Gasteiger partial charge in [-0.25, -0.2) is 4.99 Å². The third-order valence-electron chi connectivity index (χ3n) is 7.30. The maximum atomic E-state index is 8.07. The van der Waals surface area contributed by atoms with Gasteiger partial charge in [-0.2, -0.15) is 0 Å². The Bertz CT molecular complexity index is 1770. The Labute approximate surface area is 324 Å². The SMILES string of the molecule is CC(C)=C/C=C(/C)N.CC(C)=CN=C(C)N.Cc1ccc(C(=N)/C=C(\N)c2ccc(C)cc2)cc1.Cc1ccc(C(=N)/C=C(\N)c2ccc(C)cc2)cc1. The van der Waals surface area contributed by atoms with Crippen LogP contribution < -0.4 is 22.9 Å². The number of allylic oxidation sites excluding steroid dienone is 7. The molecule has 4 rings (SSSR count). The molecule has 284 valence electrons. The molecule has 10 N–H and O–H groups in total. The van der Waals surface area contributed by atoms with Gasteiger partial charge in [0.05, 0.1) is 17.3 Å². The second-order valence-corrected chi connectivity index (χ2v) is 13.6. The molecule has 0 spiro atoms. The molecule has 0 atom stereocenters. The Kier molecular flexibility index (Phi) is 20.5. The lowest BCUT2D eigenvalue weighted by Crippen LogP contribution is -2.03. The second-order valence-electron chi connectivity index (χ2n) is 13.6. The minimum Gasteiger partial charge on any atom is -0.402 e. The molecule has 0 saturated heterocycles. The van der Waals surface area contributed by atoms with Gasteiger partial charge < -0.3 is 33.8 Å². The zero-order valence-corrected chi connectivity index (χ0v) is 33.9. The standard InChI is InChI=1S/2C17H18N2.C7H13N.C6H12N2/c2*1-12-3-7-14(8-4-12)16(18)11-17(19)15-9-5-13(2)6-10-15;1-6(2)4-5-7(3)8;1-5(2)4-8-6(3)7/h2*3-11,18H,19H2,1-2H3;4-5H,8H2,1-3H3;4H,1-3H3,(H2,7,8)/b2*17-11-,18-16?;7-5-;. The summed E-state index contributed by atoms with van der Waals surface area (Å²) in [4.78, 5) is 3.86. The molecule has 0 saturated carbocycles. The molecule has 0 radical (unpaired) electrons. The van der Waals surface area contributed by atoms with E-state index >= 15 is 0 Å². The van der Waals surface area contributed by atoms with Crippen molar-refractivity contribution >= 4 is 28.7 Å². The molecule has 0 aliphatic heterocycles. The largest absolute Gasteiger partial charge is 0.402 e. The van der Waals surface area contributed by atoms with Crippen LogP contribution in [0.1, 0.15) is 86.1 Å². The highest BCUT2D eigenvalue weighted by Crippen LogP contribution is 2.14. The Balaban J connectivity index is 0.000000391. The lowest BCUT2D eigenvalue weighted by Gasteiger charge is -2.04. The van der Waals surface area contributed by atoms with E-state index in [-0.39, 0.29) is 0 Å². The van der Waals surface area contributed by atoms with Crippen LogP contribution in [0.4, 0.5) is 0 Å². The number of aliphatic imine (C=N–C) groups is 1. The molecule has 0 aromatic heterocycles. The van der Waals surface area contributed by atoms with Gasteiger partial charge in [-0.15, -0.1) is 0 Å². The summed E-state index contributed by atoms with van der Waals surface area (Å²) in [6.07, 6.45) is 9.05. The summed E-state index contributed by atoms with van der Waals surface area (Å²) in [6, 6.07) is 31.7. The third kappa shape index (κ3) is 20.0. The van der Waals surface area contributed by atoms with Gasteiger partial charge >= 0.3 is 0 Å². The van der Waals surface area contributed by atoms with E-state index in [0.717, 1.165) is 33.5 Å². The molecule has 54 heavy (non-hydrogen) atoms. The van der Waals surface area contributed by atoms with Crippen molar-refractivity contribution in [1.29, 1.82) is 10.8 Å². The molecule has 4 aromatic carbocycles. The van der Waals surface area contributed by atoms with Crippen molar-refractivity contribution in [3.05, 3.63) is 189 Å². The Morgan fingerprint density at radius 1 is 0.444 bits per heavy atom. The monoisotopic (exact) mass is 723 g/mol. The first-order valence-electron chi connectivity index (χ1n) is 17.8. The zero-order chi connectivity index (χ0) is 40.8. The maximum absolute atomic E-state index is 8.07. The molecular formula is C47H61N7. The quantitative estimate of drug-likeness (QED) is 0.0606. The number of hydrogen-bond acceptors (Lipinski definition) is 6. The van der Waals surface area contributed by atoms with E-state index in [1.807, 2.05) is 172 Å². The number of nitrogens with zero attached hydrogens (tertiary/aromatic N) is 1. The molecule has 0 unspecified atom stereocenters. The normalized spacial score (nSPS) is 11.3. The first kappa shape index (κ1) is 45.8. The summed E-state index contributed by atoms with van der Waals surface area (Å²) >= 11 is 0. The fraction of sp³-hybridized carbons (Fsp3) is 0.213. The Morgan fingerprint density at radius 3 is 0.944 bits per heavy atom. The van der Waals surface area contributed by atoms with Crippen LogP contribution in [0.5, 0.6) is 0 Å². The summed E-state index contributed by atoms with van der Waals surface area (Å²) in [5.74, 6) is 0.603. The highest BCUT2D eigenvalue weighted by Gasteiger charge is 2.03. The maximum Gasteiger partial charge on any atom is 0.0957 e. The van der Waals surface area contributed by atoms with Gasteiger partial charge in [-0.1, -0.05) is 137 Å². The smallest absolute Gasteiger partial charge is 0.0957 e. The molecule has 0 amide bonds. The van der Waals surface area contributed by atoms with Crippen LogP contribution in [-0.4, -0.2) is 17.3 Å². The van der Waals surface area contributed by atoms with Gasteiger partial charge in [-0.05, 0) is 110 Å². The highest BCUT2D eigenvalue weighted by molar-refractivity contribution is 6.10. The van der Waals surface area contributed by atoms with Gasteiger partial charge in [0.2, 0.25) is 0 Å². The number of hydrogen-bond donors (Lipinski definition) is 6. The zero-order valence-electron chi connectivity index (χ0n) is 33.9. The molecule has 0 heterocycles. The predicted octanol–water partition coefficient (Wildman–Crippen LogP) is 10.4. The van der Waals surface area contributed by atoms with Crippen LogP contribution >= 0.6 is 0 Å². The fourth-order valence-corrected chi connectivity index (χ4v) is 4.13. The molecular weight excluding hydrogens is 663 g/mol. The highest BCUT2D eigenvalue weighted by atomic mass is 14.8. The number of amidine groups is 1. The topological polar surface area (TPSA) is 164 Å². The molecule has 0 aliphatic rings. The van der Waals surface area contributed by atoms with Crippen LogP contribution in [0.2, 0.25) is 0 Å². The lowest BCUT2D eigenvalue weighted by atomic mass is 10.0. The van der Waals surface area contributed by atoms with E-state index < -0.39 is 0 Å². The van der Waals surface area contributed by atoms with E-state index in [0.29, 0.717) is 28.7 Å². The van der Waals surface area contributed by atoms with Crippen molar-refractivity contribution in [2.24, 2.45) is 27.9 Å². The van der Waals surface area contributed by atoms with E-state index in [2.05, 4.69) is 4.99 Å². The summed E-state index contributed by atoms with van der Waals surface area (Å²) in [6.45, 7) is 19.8. The average Bonchev–Trinajstić information content (AvgIpc) is 3.11. The molecule has 7 nitrogen and oxygen atoms in total. The van der Waals surface area contributed by atoms with Crippen LogP contribution in [0, 0.1) is 38.5 Å². The minimum absolute atomic E-state index is 0.429. The molecule has 0 aliphatic carbocycles. The lowest BCUT2D eigenvalue weighted by molar-refractivity contribution is 1.30. The molecule has 0 bridgehead atoms. The van der Waals surface area contributed by atoms with Crippen molar-refractivity contribution in [3.8, 4) is 0 Å². The van der Waals surface area contributed by atoms with Crippen molar-refractivity contribution in [2.45, 2.75) is 69.2 Å². The van der Waals surface area contributed by atoms with Crippen molar-refractivity contribution in [2.75, 3.05) is 0 Å². The predicted molar refractivity (Wildman–Crippen MR) is 237 cm³/mol. The number of rotatable bonds is 8. The van der Waals surface area contributed by atoms with Crippen molar-refractivity contribution in [3.63, 3.8) is 0 Å². The Hall–Kier alpha value is -6.21. The second kappa shape index (κ2) is 24.1. The van der Waals surface area contributed by atoms with Gasteiger partial charge in [-0.3, -0.25) is 0 Å². The fourth-order valence-electron chi connectivity index (χ4n) is 4.13. The number of nitrogens with two attached hydrogens (primary N) is 4. The van der Waals surface area contributed by atoms with E-state index in [1.54, 1.807) is 25.3 Å². The van der Waals surface area contributed by atoms with E-state index in [9.17, 15) is 0 Å². The van der Waals surface area contributed by atoms with E-state index in [4.69, 9.17) is 33.8 Å².